The van der Waals surface area contributed by atoms with Crippen molar-refractivity contribution in [3.8, 4) is 5.75 Å². The Kier molecular flexibility index (Phi) is 6.32. The summed E-state index contributed by atoms with van der Waals surface area (Å²) in [6.07, 6.45) is 0. The summed E-state index contributed by atoms with van der Waals surface area (Å²) in [4.78, 5) is 36.2. The van der Waals surface area contributed by atoms with Gasteiger partial charge < -0.3 is 19.5 Å². The molecular formula is C19H19NO6. The number of rotatable bonds is 6. The zero-order valence-electron chi connectivity index (χ0n) is 14.7. The molecule has 1 N–H and O–H groups in total. The molecule has 2 rings (SSSR count). The van der Waals surface area contributed by atoms with E-state index < -0.39 is 17.8 Å². The lowest BCUT2D eigenvalue weighted by molar-refractivity contribution is 0.0599. The number of hydrogen-bond donors (Lipinski definition) is 1. The molecule has 0 heterocycles. The number of esters is 2. The van der Waals surface area contributed by atoms with Crippen molar-refractivity contribution in [2.45, 2.75) is 6.92 Å². The van der Waals surface area contributed by atoms with Crippen LogP contribution in [0.25, 0.3) is 0 Å². The van der Waals surface area contributed by atoms with Crippen LogP contribution >= 0.6 is 0 Å². The molecule has 0 aliphatic heterocycles. The number of anilines is 1. The largest absolute Gasteiger partial charge is 0.493 e. The Morgan fingerprint density at radius 1 is 0.923 bits per heavy atom. The number of nitrogens with one attached hydrogen (secondary N) is 1. The first-order valence-electron chi connectivity index (χ1n) is 7.85. The van der Waals surface area contributed by atoms with Crippen LogP contribution in [0.4, 0.5) is 5.69 Å². The van der Waals surface area contributed by atoms with Crippen LogP contribution in [-0.4, -0.2) is 38.7 Å². The predicted octanol–water partition coefficient (Wildman–Crippen LogP) is 2.91. The lowest BCUT2D eigenvalue weighted by Crippen LogP contribution is -2.15. The highest BCUT2D eigenvalue weighted by Crippen LogP contribution is 2.22. The maximum atomic E-state index is 12.6. The van der Waals surface area contributed by atoms with Gasteiger partial charge in [-0.2, -0.15) is 0 Å². The van der Waals surface area contributed by atoms with E-state index in [1.165, 1.54) is 32.4 Å². The second kappa shape index (κ2) is 8.66. The average molecular weight is 357 g/mol. The average Bonchev–Trinajstić information content (AvgIpc) is 2.67. The van der Waals surface area contributed by atoms with E-state index in [0.29, 0.717) is 17.9 Å². The monoisotopic (exact) mass is 357 g/mol. The quantitative estimate of drug-likeness (QED) is 0.800. The number of ether oxygens (including phenoxy) is 3. The minimum absolute atomic E-state index is 0.115. The summed E-state index contributed by atoms with van der Waals surface area (Å²) in [5.41, 5.74) is 0.814. The number of amides is 1. The zero-order valence-corrected chi connectivity index (χ0v) is 14.7. The third-order valence-corrected chi connectivity index (χ3v) is 3.46. The smallest absolute Gasteiger partial charge is 0.337 e. The number of carbonyl (C=O) groups excluding carboxylic acids is 3. The van der Waals surface area contributed by atoms with Crippen LogP contribution in [-0.2, 0) is 9.47 Å². The highest BCUT2D eigenvalue weighted by atomic mass is 16.5. The first kappa shape index (κ1) is 19.0. The first-order chi connectivity index (χ1) is 12.5. The molecule has 26 heavy (non-hydrogen) atoms. The second-order valence-electron chi connectivity index (χ2n) is 5.17. The van der Waals surface area contributed by atoms with E-state index in [2.05, 4.69) is 14.8 Å². The molecule has 136 valence electrons. The second-order valence-corrected chi connectivity index (χ2v) is 5.17. The molecule has 7 nitrogen and oxygen atoms in total. The Hall–Kier alpha value is -3.35. The summed E-state index contributed by atoms with van der Waals surface area (Å²) in [5, 5.41) is 2.66. The minimum atomic E-state index is -0.638. The van der Waals surface area contributed by atoms with Crippen LogP contribution in [0.2, 0.25) is 0 Å². The lowest BCUT2D eigenvalue weighted by Gasteiger charge is -2.12. The van der Waals surface area contributed by atoms with E-state index in [0.717, 1.165) is 0 Å². The van der Waals surface area contributed by atoms with Crippen LogP contribution < -0.4 is 10.1 Å². The molecule has 7 heteroatoms. The molecule has 1 amide bonds. The number of carbonyl (C=O) groups is 3. The number of para-hydroxylation sites is 1. The van der Waals surface area contributed by atoms with Gasteiger partial charge in [-0.1, -0.05) is 12.1 Å². The van der Waals surface area contributed by atoms with Gasteiger partial charge in [0.25, 0.3) is 5.91 Å². The van der Waals surface area contributed by atoms with Crippen molar-refractivity contribution in [1.29, 1.82) is 0 Å². The van der Waals surface area contributed by atoms with Gasteiger partial charge in [0.2, 0.25) is 0 Å². The molecule has 2 aromatic carbocycles. The van der Waals surface area contributed by atoms with Crippen molar-refractivity contribution in [2.75, 3.05) is 26.1 Å². The van der Waals surface area contributed by atoms with Crippen LogP contribution in [0.15, 0.2) is 42.5 Å². The van der Waals surface area contributed by atoms with Gasteiger partial charge >= 0.3 is 11.9 Å². The van der Waals surface area contributed by atoms with Crippen LogP contribution in [0.3, 0.4) is 0 Å². The Labute approximate surface area is 150 Å². The Morgan fingerprint density at radius 2 is 1.50 bits per heavy atom. The lowest BCUT2D eigenvalue weighted by atomic mass is 10.1. The maximum absolute atomic E-state index is 12.6. The van der Waals surface area contributed by atoms with E-state index >= 15 is 0 Å². The Bertz CT molecular complexity index is 796. The summed E-state index contributed by atoms with van der Waals surface area (Å²) in [6, 6.07) is 10.9. The zero-order chi connectivity index (χ0) is 19.1. The van der Waals surface area contributed by atoms with Crippen molar-refractivity contribution in [3.63, 3.8) is 0 Å². The van der Waals surface area contributed by atoms with E-state index in [-0.39, 0.29) is 16.8 Å². The Balaban J connectivity index is 2.37. The molecule has 0 bridgehead atoms. The van der Waals surface area contributed by atoms with Gasteiger partial charge in [0.15, 0.2) is 0 Å². The fraction of sp³-hybridized carbons (Fsp3) is 0.211. The minimum Gasteiger partial charge on any atom is -0.493 e. The van der Waals surface area contributed by atoms with Gasteiger partial charge in [-0.15, -0.1) is 0 Å². The van der Waals surface area contributed by atoms with Crippen LogP contribution in [0.1, 0.15) is 38.0 Å². The van der Waals surface area contributed by atoms with Gasteiger partial charge in [0, 0.05) is 5.69 Å². The topological polar surface area (TPSA) is 90.9 Å². The van der Waals surface area contributed by atoms with E-state index in [1.54, 1.807) is 24.3 Å². The molecule has 0 aliphatic rings. The summed E-state index contributed by atoms with van der Waals surface area (Å²) in [7, 11) is 2.45. The van der Waals surface area contributed by atoms with Crippen LogP contribution in [0.5, 0.6) is 5.75 Å². The molecule has 2 aromatic rings. The molecule has 0 atom stereocenters. The molecular weight excluding hydrogens is 338 g/mol. The summed E-state index contributed by atoms with van der Waals surface area (Å²) in [5.74, 6) is -1.28. The highest BCUT2D eigenvalue weighted by Gasteiger charge is 2.17. The molecule has 0 unspecified atom stereocenters. The molecule has 0 saturated heterocycles. The fourth-order valence-corrected chi connectivity index (χ4v) is 2.31. The fourth-order valence-electron chi connectivity index (χ4n) is 2.31. The molecule has 0 fully saturated rings. The standard InChI is InChI=1S/C19H19NO6/c1-4-26-16-8-6-5-7-15(16)17(21)20-14-10-12(18(22)24-2)9-13(11-14)19(23)25-3/h5-11H,4H2,1-3H3,(H,20,21). The number of benzene rings is 2. The van der Waals surface area contributed by atoms with E-state index in [1.807, 2.05) is 6.92 Å². The van der Waals surface area contributed by atoms with Gasteiger partial charge in [-0.3, -0.25) is 4.79 Å². The van der Waals surface area contributed by atoms with Crippen LogP contribution in [0, 0.1) is 0 Å². The predicted molar refractivity (Wildman–Crippen MR) is 94.7 cm³/mol. The summed E-state index contributed by atoms with van der Waals surface area (Å²) >= 11 is 0. The number of hydrogen-bond acceptors (Lipinski definition) is 6. The summed E-state index contributed by atoms with van der Waals surface area (Å²) in [6.45, 7) is 2.23. The Morgan fingerprint density at radius 3 is 2.04 bits per heavy atom. The molecule has 0 spiro atoms. The number of methoxy groups -OCH3 is 2. The summed E-state index contributed by atoms with van der Waals surface area (Å²) < 4.78 is 14.8. The van der Waals surface area contributed by atoms with Crippen molar-refractivity contribution in [3.05, 3.63) is 59.2 Å². The highest BCUT2D eigenvalue weighted by molar-refractivity contribution is 6.07. The maximum Gasteiger partial charge on any atom is 0.337 e. The normalized spacial score (nSPS) is 9.96. The van der Waals surface area contributed by atoms with E-state index in [9.17, 15) is 14.4 Å². The first-order valence-corrected chi connectivity index (χ1v) is 7.85. The van der Waals surface area contributed by atoms with Crippen molar-refractivity contribution < 1.29 is 28.6 Å². The molecule has 0 saturated carbocycles. The van der Waals surface area contributed by atoms with Gasteiger partial charge in [0.05, 0.1) is 37.5 Å². The molecule has 0 aliphatic carbocycles. The van der Waals surface area contributed by atoms with Gasteiger partial charge in [0.1, 0.15) is 5.75 Å². The van der Waals surface area contributed by atoms with Crippen molar-refractivity contribution in [2.24, 2.45) is 0 Å². The van der Waals surface area contributed by atoms with E-state index in [4.69, 9.17) is 4.74 Å². The van der Waals surface area contributed by atoms with Gasteiger partial charge in [-0.05, 0) is 37.3 Å². The van der Waals surface area contributed by atoms with Gasteiger partial charge in [-0.25, -0.2) is 9.59 Å². The van der Waals surface area contributed by atoms with Crippen molar-refractivity contribution in [1.82, 2.24) is 0 Å². The SMILES string of the molecule is CCOc1ccccc1C(=O)Nc1cc(C(=O)OC)cc(C(=O)OC)c1. The van der Waals surface area contributed by atoms with Crippen molar-refractivity contribution >= 4 is 23.5 Å². The third kappa shape index (κ3) is 4.38. The molecule has 0 aromatic heterocycles. The third-order valence-electron chi connectivity index (χ3n) is 3.46. The molecule has 0 radical (unpaired) electrons.